The number of nitrogens with zero attached hydrogens (tertiary/aromatic N) is 6. The minimum Gasteiger partial charge on any atom is -0.352 e. The van der Waals surface area contributed by atoms with Crippen molar-refractivity contribution in [2.45, 2.75) is 13.8 Å². The predicted molar refractivity (Wildman–Crippen MR) is 103 cm³/mol. The third kappa shape index (κ3) is 4.13. The van der Waals surface area contributed by atoms with Gasteiger partial charge >= 0.3 is 0 Å². The zero-order chi connectivity index (χ0) is 16.6. The molecule has 0 saturated carbocycles. The number of aryl methyl sites for hydroxylation is 2. The minimum atomic E-state index is -0.118. The molecule has 10 heteroatoms. The van der Waals surface area contributed by atoms with Crippen LogP contribution in [0.3, 0.4) is 0 Å². The number of hydrogen-bond donors (Lipinski definition) is 1. The van der Waals surface area contributed by atoms with E-state index in [9.17, 15) is 4.79 Å². The Morgan fingerprint density at radius 1 is 1.24 bits per heavy atom. The Bertz CT molecular complexity index is 728. The molecule has 2 aromatic rings. The number of rotatable bonds is 3. The number of aromatic nitrogens is 4. The maximum Gasteiger partial charge on any atom is 0.226 e. The molecule has 1 saturated heterocycles. The molecule has 1 amide bonds. The van der Waals surface area contributed by atoms with Gasteiger partial charge in [-0.3, -0.25) is 9.48 Å². The van der Waals surface area contributed by atoms with Crippen molar-refractivity contribution in [3.63, 3.8) is 0 Å². The number of amides is 1. The Kier molecular flexibility index (Phi) is 7.40. The molecular formula is C15H25Cl2N7O. The highest BCUT2D eigenvalue weighted by Crippen LogP contribution is 2.24. The van der Waals surface area contributed by atoms with E-state index in [1.807, 2.05) is 25.8 Å². The van der Waals surface area contributed by atoms with Gasteiger partial charge in [0.05, 0.1) is 11.6 Å². The number of anilines is 1. The highest BCUT2D eigenvalue weighted by atomic mass is 35.5. The Labute approximate surface area is 159 Å². The number of halogens is 2. The number of piperazine rings is 1. The van der Waals surface area contributed by atoms with Gasteiger partial charge in [0, 0.05) is 45.7 Å². The molecule has 0 spiro atoms. The molecule has 1 aliphatic heterocycles. The third-order valence-electron chi connectivity index (χ3n) is 4.35. The lowest BCUT2D eigenvalue weighted by molar-refractivity contribution is -0.134. The molecule has 1 aliphatic rings. The monoisotopic (exact) mass is 389 g/mol. The topological polar surface area (TPSA) is 93.2 Å². The van der Waals surface area contributed by atoms with Gasteiger partial charge in [0.2, 0.25) is 5.91 Å². The maximum absolute atomic E-state index is 12.2. The van der Waals surface area contributed by atoms with Gasteiger partial charge in [0.1, 0.15) is 11.6 Å². The van der Waals surface area contributed by atoms with E-state index in [1.165, 1.54) is 0 Å². The fourth-order valence-electron chi connectivity index (χ4n) is 2.91. The van der Waals surface area contributed by atoms with Gasteiger partial charge in [-0.2, -0.15) is 5.10 Å². The molecule has 0 radical (unpaired) electrons. The van der Waals surface area contributed by atoms with E-state index in [0.29, 0.717) is 19.6 Å². The smallest absolute Gasteiger partial charge is 0.226 e. The van der Waals surface area contributed by atoms with Crippen LogP contribution in [0.5, 0.6) is 0 Å². The van der Waals surface area contributed by atoms with Crippen LogP contribution in [0, 0.1) is 12.8 Å². The molecule has 1 fully saturated rings. The molecule has 2 N–H and O–H groups in total. The van der Waals surface area contributed by atoms with Crippen LogP contribution in [0.25, 0.3) is 11.0 Å². The number of nitrogens with two attached hydrogens (primary N) is 1. The highest BCUT2D eigenvalue weighted by Gasteiger charge is 2.26. The van der Waals surface area contributed by atoms with Gasteiger partial charge < -0.3 is 15.5 Å². The Hall–Kier alpha value is -1.64. The summed E-state index contributed by atoms with van der Waals surface area (Å²) in [4.78, 5) is 25.4. The van der Waals surface area contributed by atoms with Crippen molar-refractivity contribution in [2.75, 3.05) is 37.6 Å². The molecule has 3 rings (SSSR count). The van der Waals surface area contributed by atoms with Crippen molar-refractivity contribution in [2.24, 2.45) is 18.7 Å². The van der Waals surface area contributed by atoms with Crippen LogP contribution in [0.2, 0.25) is 0 Å². The van der Waals surface area contributed by atoms with Crippen molar-refractivity contribution in [3.05, 3.63) is 12.0 Å². The van der Waals surface area contributed by atoms with Gasteiger partial charge in [-0.15, -0.1) is 24.8 Å². The molecule has 8 nitrogen and oxygen atoms in total. The summed E-state index contributed by atoms with van der Waals surface area (Å²) in [6.07, 6.45) is 1.80. The second-order valence-electron chi connectivity index (χ2n) is 6.05. The second kappa shape index (κ2) is 8.64. The first kappa shape index (κ1) is 21.4. The first-order valence-electron chi connectivity index (χ1n) is 7.91. The van der Waals surface area contributed by atoms with Crippen molar-refractivity contribution >= 4 is 47.6 Å². The number of hydrogen-bond acceptors (Lipinski definition) is 6. The molecule has 0 aliphatic carbocycles. The minimum absolute atomic E-state index is 0. The summed E-state index contributed by atoms with van der Waals surface area (Å²) in [6, 6.07) is 0. The summed E-state index contributed by atoms with van der Waals surface area (Å²) in [6.45, 7) is 7.04. The van der Waals surface area contributed by atoms with Crippen LogP contribution in [0.15, 0.2) is 6.20 Å². The van der Waals surface area contributed by atoms with E-state index in [2.05, 4.69) is 20.0 Å². The van der Waals surface area contributed by atoms with Crippen molar-refractivity contribution in [1.29, 1.82) is 0 Å². The van der Waals surface area contributed by atoms with Gasteiger partial charge in [0.25, 0.3) is 0 Å². The lowest BCUT2D eigenvalue weighted by Gasteiger charge is -2.36. The lowest BCUT2D eigenvalue weighted by atomic mass is 10.1. The standard InChI is InChI=1S/C15H23N7O.2ClH/c1-10(8-16)15(23)22-6-4-21(5-7-22)14-12-9-17-20(3)13(12)18-11(2)19-14;;/h9-10H,4-8,16H2,1-3H3;2*1H. The van der Waals surface area contributed by atoms with Crippen LogP contribution in [-0.2, 0) is 11.8 Å². The SMILES string of the molecule is Cc1nc(N2CCN(C(=O)C(C)CN)CC2)c2cnn(C)c2n1.Cl.Cl. The van der Waals surface area contributed by atoms with E-state index < -0.39 is 0 Å². The van der Waals surface area contributed by atoms with Crippen molar-refractivity contribution < 1.29 is 4.79 Å². The molecule has 1 atom stereocenters. The van der Waals surface area contributed by atoms with E-state index in [-0.39, 0.29) is 36.6 Å². The largest absolute Gasteiger partial charge is 0.352 e. The lowest BCUT2D eigenvalue weighted by Crippen LogP contribution is -2.51. The molecule has 0 aromatic carbocycles. The fraction of sp³-hybridized carbons (Fsp3) is 0.600. The normalized spacial score (nSPS) is 15.5. The van der Waals surface area contributed by atoms with Gasteiger partial charge in [0.15, 0.2) is 5.65 Å². The zero-order valence-corrected chi connectivity index (χ0v) is 16.3. The summed E-state index contributed by atoms with van der Waals surface area (Å²) in [7, 11) is 1.88. The maximum atomic E-state index is 12.2. The molecule has 0 bridgehead atoms. The quantitative estimate of drug-likeness (QED) is 0.832. The molecule has 1 unspecified atom stereocenters. The number of fused-ring (bicyclic) bond motifs is 1. The summed E-state index contributed by atoms with van der Waals surface area (Å²) in [5.41, 5.74) is 6.43. The van der Waals surface area contributed by atoms with Crippen LogP contribution in [0.1, 0.15) is 12.7 Å². The Balaban J connectivity index is 0.00000156. The molecule has 25 heavy (non-hydrogen) atoms. The number of carbonyl (C=O) groups is 1. The van der Waals surface area contributed by atoms with Crippen LogP contribution in [-0.4, -0.2) is 63.3 Å². The van der Waals surface area contributed by atoms with Crippen LogP contribution >= 0.6 is 24.8 Å². The van der Waals surface area contributed by atoms with E-state index in [1.54, 1.807) is 10.9 Å². The first-order chi connectivity index (χ1) is 11.0. The fourth-order valence-corrected chi connectivity index (χ4v) is 2.91. The van der Waals surface area contributed by atoms with E-state index >= 15 is 0 Å². The third-order valence-corrected chi connectivity index (χ3v) is 4.35. The van der Waals surface area contributed by atoms with Crippen LogP contribution in [0.4, 0.5) is 5.82 Å². The summed E-state index contributed by atoms with van der Waals surface area (Å²) < 4.78 is 1.76. The Morgan fingerprint density at radius 2 is 1.88 bits per heavy atom. The first-order valence-corrected chi connectivity index (χ1v) is 7.91. The average molecular weight is 390 g/mol. The number of carbonyl (C=O) groups excluding carboxylic acids is 1. The van der Waals surface area contributed by atoms with Gasteiger partial charge in [-0.1, -0.05) is 6.92 Å². The Morgan fingerprint density at radius 3 is 2.48 bits per heavy atom. The molecule has 3 heterocycles. The molecular weight excluding hydrogens is 365 g/mol. The van der Waals surface area contributed by atoms with Gasteiger partial charge in [-0.25, -0.2) is 9.97 Å². The second-order valence-corrected chi connectivity index (χ2v) is 6.05. The average Bonchev–Trinajstić information content (AvgIpc) is 2.94. The summed E-state index contributed by atoms with van der Waals surface area (Å²) in [5.74, 6) is 1.65. The zero-order valence-electron chi connectivity index (χ0n) is 14.7. The van der Waals surface area contributed by atoms with E-state index in [0.717, 1.165) is 35.8 Å². The summed E-state index contributed by atoms with van der Waals surface area (Å²) in [5, 5.41) is 5.23. The predicted octanol–water partition coefficient (Wildman–Crippen LogP) is 0.759. The molecule has 140 valence electrons. The molecule has 2 aromatic heterocycles. The van der Waals surface area contributed by atoms with Crippen molar-refractivity contribution in [1.82, 2.24) is 24.6 Å². The van der Waals surface area contributed by atoms with Crippen LogP contribution < -0.4 is 10.6 Å². The van der Waals surface area contributed by atoms with Gasteiger partial charge in [-0.05, 0) is 6.92 Å². The highest BCUT2D eigenvalue weighted by molar-refractivity contribution is 5.87. The van der Waals surface area contributed by atoms with Crippen molar-refractivity contribution in [3.8, 4) is 0 Å². The van der Waals surface area contributed by atoms with E-state index in [4.69, 9.17) is 5.73 Å². The summed E-state index contributed by atoms with van der Waals surface area (Å²) >= 11 is 0.